The molecule has 5 rings (SSSR count). The van der Waals surface area contributed by atoms with Crippen molar-refractivity contribution in [2.75, 3.05) is 7.11 Å². The molecule has 2 aromatic carbocycles. The van der Waals surface area contributed by atoms with Gasteiger partial charge >= 0.3 is 5.97 Å². The maximum Gasteiger partial charge on any atom is 0.303 e. The first-order valence-corrected chi connectivity index (χ1v) is 13.6. The number of carbonyl (C=O) groups is 1. The van der Waals surface area contributed by atoms with E-state index in [9.17, 15) is 9.90 Å². The standard InChI is InChI=1S/C31H34O4S.H2S/c1-31(2)14-6-11-27(31)29-23(19-36-30(29)22-8-5-9-24(16-22)34-3)18-35-25-10-4-7-21(15-25)26(17-28(32)33)20-12-13-20;/h4-5,7-11,15-16,19-20,26H,6,12-14,17-18H2,1-3H3,(H,32,33);1H2/t26-;/m0./s1. The lowest BCUT2D eigenvalue weighted by Crippen LogP contribution is -2.11. The van der Waals surface area contributed by atoms with Crippen LogP contribution in [0, 0.1) is 11.3 Å². The number of carboxylic acid groups (broad SMARTS) is 1. The number of aliphatic carboxylic acids is 1. The van der Waals surface area contributed by atoms with Gasteiger partial charge in [0.15, 0.2) is 0 Å². The summed E-state index contributed by atoms with van der Waals surface area (Å²) in [6, 6.07) is 16.3. The SMILES string of the molecule is COc1cccc(-c2scc(COc3cccc([C@@H](CC(=O)O)C4CC4)c3)c2C2=CCCC2(C)C)c1.S. The van der Waals surface area contributed by atoms with Crippen LogP contribution >= 0.6 is 24.8 Å². The number of methoxy groups -OCH3 is 1. The maximum atomic E-state index is 11.4. The Hall–Kier alpha value is -2.70. The monoisotopic (exact) mass is 536 g/mol. The van der Waals surface area contributed by atoms with Crippen molar-refractivity contribution in [3.63, 3.8) is 0 Å². The zero-order chi connectivity index (χ0) is 25.3. The second-order valence-corrected chi connectivity index (χ2v) is 11.5. The Balaban J connectivity index is 0.00000320. The van der Waals surface area contributed by atoms with E-state index in [-0.39, 0.29) is 31.2 Å². The molecule has 1 fully saturated rings. The molecular formula is C31H36O4S2. The lowest BCUT2D eigenvalue weighted by molar-refractivity contribution is -0.137. The molecule has 0 amide bonds. The van der Waals surface area contributed by atoms with Gasteiger partial charge in [0.25, 0.3) is 0 Å². The summed E-state index contributed by atoms with van der Waals surface area (Å²) < 4.78 is 11.9. The Morgan fingerprint density at radius 3 is 2.57 bits per heavy atom. The van der Waals surface area contributed by atoms with Gasteiger partial charge in [0.2, 0.25) is 0 Å². The van der Waals surface area contributed by atoms with E-state index >= 15 is 0 Å². The van der Waals surface area contributed by atoms with Crippen LogP contribution in [0.5, 0.6) is 11.5 Å². The van der Waals surface area contributed by atoms with Crippen molar-refractivity contribution in [1.82, 2.24) is 0 Å². The topological polar surface area (TPSA) is 55.8 Å². The van der Waals surface area contributed by atoms with Crippen molar-refractivity contribution in [2.45, 2.75) is 58.5 Å². The van der Waals surface area contributed by atoms with Gasteiger partial charge in [0, 0.05) is 16.0 Å². The van der Waals surface area contributed by atoms with Crippen LogP contribution in [-0.4, -0.2) is 18.2 Å². The summed E-state index contributed by atoms with van der Waals surface area (Å²) >= 11 is 1.76. The van der Waals surface area contributed by atoms with E-state index in [1.54, 1.807) is 18.4 Å². The predicted octanol–water partition coefficient (Wildman–Crippen LogP) is 8.29. The number of hydrogen-bond donors (Lipinski definition) is 1. The van der Waals surface area contributed by atoms with Crippen molar-refractivity contribution in [2.24, 2.45) is 11.3 Å². The lowest BCUT2D eigenvalue weighted by atomic mass is 9.80. The fraction of sp³-hybridized carbons (Fsp3) is 0.387. The van der Waals surface area contributed by atoms with Gasteiger partial charge in [-0.25, -0.2) is 0 Å². The number of rotatable bonds is 10. The normalized spacial score (nSPS) is 17.0. The minimum atomic E-state index is -0.737. The van der Waals surface area contributed by atoms with Crippen LogP contribution in [0.4, 0.5) is 0 Å². The van der Waals surface area contributed by atoms with Crippen molar-refractivity contribution < 1.29 is 19.4 Å². The molecule has 196 valence electrons. The van der Waals surface area contributed by atoms with Crippen LogP contribution in [-0.2, 0) is 11.4 Å². The Labute approximate surface area is 230 Å². The average molecular weight is 537 g/mol. The first kappa shape index (κ1) is 27.3. The van der Waals surface area contributed by atoms with E-state index in [1.807, 2.05) is 36.4 Å². The molecule has 0 radical (unpaired) electrons. The summed E-state index contributed by atoms with van der Waals surface area (Å²) in [6.45, 7) is 5.13. The number of carboxylic acids is 1. The smallest absolute Gasteiger partial charge is 0.303 e. The Morgan fingerprint density at radius 1 is 1.14 bits per heavy atom. The zero-order valence-electron chi connectivity index (χ0n) is 21.8. The van der Waals surface area contributed by atoms with Gasteiger partial charge in [-0.3, -0.25) is 4.79 Å². The third-order valence-electron chi connectivity index (χ3n) is 7.58. The number of ether oxygens (including phenoxy) is 2. The van der Waals surface area contributed by atoms with Crippen molar-refractivity contribution in [3.8, 4) is 21.9 Å². The number of allylic oxidation sites excluding steroid dienone is 2. The van der Waals surface area contributed by atoms with Gasteiger partial charge in [-0.15, -0.1) is 11.3 Å². The molecule has 0 bridgehead atoms. The molecule has 0 saturated heterocycles. The van der Waals surface area contributed by atoms with Gasteiger partial charge in [0.1, 0.15) is 18.1 Å². The van der Waals surface area contributed by atoms with Crippen LogP contribution in [0.2, 0.25) is 0 Å². The average Bonchev–Trinajstić information content (AvgIpc) is 3.53. The minimum absolute atomic E-state index is 0. The fourth-order valence-electron chi connectivity index (χ4n) is 5.44. The summed E-state index contributed by atoms with van der Waals surface area (Å²) in [5.74, 6) is 1.45. The number of thiophene rings is 1. The van der Waals surface area contributed by atoms with Crippen LogP contribution in [0.15, 0.2) is 60.0 Å². The fourth-order valence-corrected chi connectivity index (χ4v) is 6.51. The second kappa shape index (κ2) is 11.4. The molecule has 4 nitrogen and oxygen atoms in total. The first-order valence-electron chi connectivity index (χ1n) is 12.8. The summed E-state index contributed by atoms with van der Waals surface area (Å²) in [5.41, 5.74) is 6.20. The molecule has 37 heavy (non-hydrogen) atoms. The molecule has 1 N–H and O–H groups in total. The molecule has 0 spiro atoms. The highest BCUT2D eigenvalue weighted by Crippen LogP contribution is 2.50. The largest absolute Gasteiger partial charge is 0.497 e. The Morgan fingerprint density at radius 2 is 1.89 bits per heavy atom. The first-order chi connectivity index (χ1) is 17.4. The molecule has 0 aliphatic heterocycles. The Bertz CT molecular complexity index is 1290. The van der Waals surface area contributed by atoms with Crippen molar-refractivity contribution in [3.05, 3.63) is 76.7 Å². The third kappa shape index (κ3) is 6.07. The molecule has 1 atom stereocenters. The van der Waals surface area contributed by atoms with Gasteiger partial charge in [-0.05, 0) is 89.3 Å². The molecule has 1 saturated carbocycles. The second-order valence-electron chi connectivity index (χ2n) is 10.6. The summed E-state index contributed by atoms with van der Waals surface area (Å²) in [5, 5.41) is 11.6. The van der Waals surface area contributed by atoms with Gasteiger partial charge in [-0.1, -0.05) is 44.2 Å². The molecule has 2 aliphatic rings. The van der Waals surface area contributed by atoms with Crippen molar-refractivity contribution in [1.29, 1.82) is 0 Å². The molecular weight excluding hydrogens is 500 g/mol. The summed E-state index contributed by atoms with van der Waals surface area (Å²) in [4.78, 5) is 12.7. The van der Waals surface area contributed by atoms with E-state index in [0.717, 1.165) is 48.3 Å². The zero-order valence-corrected chi connectivity index (χ0v) is 23.6. The Kier molecular flexibility index (Phi) is 8.39. The summed E-state index contributed by atoms with van der Waals surface area (Å²) in [7, 11) is 1.70. The summed E-state index contributed by atoms with van der Waals surface area (Å²) in [6.07, 6.45) is 7.02. The minimum Gasteiger partial charge on any atom is -0.497 e. The van der Waals surface area contributed by atoms with Gasteiger partial charge in [0.05, 0.1) is 13.5 Å². The van der Waals surface area contributed by atoms with Gasteiger partial charge < -0.3 is 14.6 Å². The van der Waals surface area contributed by atoms with Crippen LogP contribution in [0.3, 0.4) is 0 Å². The molecule has 1 heterocycles. The molecule has 1 aromatic heterocycles. The highest BCUT2D eigenvalue weighted by atomic mass is 32.1. The number of hydrogen-bond acceptors (Lipinski definition) is 4. The molecule has 0 unspecified atom stereocenters. The number of benzene rings is 2. The van der Waals surface area contributed by atoms with Crippen LogP contribution in [0.25, 0.3) is 16.0 Å². The molecule has 2 aliphatic carbocycles. The van der Waals surface area contributed by atoms with E-state index < -0.39 is 5.97 Å². The van der Waals surface area contributed by atoms with E-state index in [4.69, 9.17) is 9.47 Å². The predicted molar refractivity (Wildman–Crippen MR) is 156 cm³/mol. The molecule has 3 aromatic rings. The highest BCUT2D eigenvalue weighted by molar-refractivity contribution is 7.59. The van der Waals surface area contributed by atoms with E-state index in [2.05, 4.69) is 37.4 Å². The van der Waals surface area contributed by atoms with E-state index in [0.29, 0.717) is 12.5 Å². The highest BCUT2D eigenvalue weighted by Gasteiger charge is 2.34. The van der Waals surface area contributed by atoms with Gasteiger partial charge in [-0.2, -0.15) is 13.5 Å². The molecule has 6 heteroatoms. The maximum absolute atomic E-state index is 11.4. The lowest BCUT2D eigenvalue weighted by Gasteiger charge is -2.24. The van der Waals surface area contributed by atoms with Crippen molar-refractivity contribution >= 4 is 36.4 Å². The quantitative estimate of drug-likeness (QED) is 0.283. The third-order valence-corrected chi connectivity index (χ3v) is 8.66. The van der Waals surface area contributed by atoms with Crippen LogP contribution < -0.4 is 9.47 Å². The van der Waals surface area contributed by atoms with Crippen LogP contribution in [0.1, 0.15) is 68.6 Å². The van der Waals surface area contributed by atoms with E-state index in [1.165, 1.54) is 21.6 Å².